The molecule has 100 valence electrons. The molecule has 1 fully saturated rings. The maximum atomic E-state index is 5.80. The van der Waals surface area contributed by atoms with E-state index in [-0.39, 0.29) is 6.10 Å². The molecule has 0 spiro atoms. The molecule has 0 radical (unpaired) electrons. The molecule has 1 aliphatic heterocycles. The van der Waals surface area contributed by atoms with Gasteiger partial charge in [-0.1, -0.05) is 0 Å². The van der Waals surface area contributed by atoms with Gasteiger partial charge in [-0.2, -0.15) is 0 Å². The fraction of sp³-hybridized carbons (Fsp3) is 0.385. The van der Waals surface area contributed by atoms with E-state index in [1.807, 2.05) is 17.8 Å². The lowest BCUT2D eigenvalue weighted by molar-refractivity contribution is 0.0393. The Hall–Kier alpha value is -0.980. The van der Waals surface area contributed by atoms with Crippen molar-refractivity contribution in [2.24, 2.45) is 0 Å². The SMILES string of the molecule is Cc1cc(N2CCO[C@@H](c3nccs3)C2)ncc1Br. The number of pyridine rings is 1. The highest BCUT2D eigenvalue weighted by Crippen LogP contribution is 2.27. The van der Waals surface area contributed by atoms with Crippen LogP contribution in [0.15, 0.2) is 28.3 Å². The van der Waals surface area contributed by atoms with Gasteiger partial charge in [0, 0.05) is 28.8 Å². The van der Waals surface area contributed by atoms with E-state index < -0.39 is 0 Å². The number of rotatable bonds is 2. The molecule has 2 aromatic heterocycles. The molecule has 19 heavy (non-hydrogen) atoms. The number of ether oxygens (including phenoxy) is 1. The number of aryl methyl sites for hydroxylation is 1. The smallest absolute Gasteiger partial charge is 0.128 e. The Morgan fingerprint density at radius 3 is 3.11 bits per heavy atom. The summed E-state index contributed by atoms with van der Waals surface area (Å²) in [5.41, 5.74) is 1.20. The molecule has 0 aromatic carbocycles. The van der Waals surface area contributed by atoms with Gasteiger partial charge in [0.1, 0.15) is 16.9 Å². The quantitative estimate of drug-likeness (QED) is 0.842. The average molecular weight is 340 g/mol. The number of nitrogens with zero attached hydrogens (tertiary/aromatic N) is 3. The number of anilines is 1. The number of hydrogen-bond acceptors (Lipinski definition) is 5. The number of hydrogen-bond donors (Lipinski definition) is 0. The normalized spacial score (nSPS) is 19.7. The summed E-state index contributed by atoms with van der Waals surface area (Å²) in [6.45, 7) is 4.46. The zero-order valence-corrected chi connectivity index (χ0v) is 12.9. The summed E-state index contributed by atoms with van der Waals surface area (Å²) in [5.74, 6) is 1.01. The molecule has 1 saturated heterocycles. The van der Waals surface area contributed by atoms with Crippen LogP contribution >= 0.6 is 27.3 Å². The van der Waals surface area contributed by atoms with Crippen molar-refractivity contribution in [1.82, 2.24) is 9.97 Å². The lowest BCUT2D eigenvalue weighted by Gasteiger charge is -2.33. The Balaban J connectivity index is 1.79. The Kier molecular flexibility index (Phi) is 3.81. The molecule has 1 atom stereocenters. The fourth-order valence-electron chi connectivity index (χ4n) is 2.10. The third kappa shape index (κ3) is 2.80. The van der Waals surface area contributed by atoms with Gasteiger partial charge in [0.15, 0.2) is 0 Å². The summed E-state index contributed by atoms with van der Waals surface area (Å²) in [6.07, 6.45) is 3.74. The van der Waals surface area contributed by atoms with Crippen molar-refractivity contribution in [3.8, 4) is 0 Å². The molecular weight excluding hydrogens is 326 g/mol. The maximum Gasteiger partial charge on any atom is 0.128 e. The van der Waals surface area contributed by atoms with Crippen molar-refractivity contribution < 1.29 is 4.74 Å². The third-order valence-corrected chi connectivity index (χ3v) is 4.85. The van der Waals surface area contributed by atoms with Gasteiger partial charge < -0.3 is 9.64 Å². The second-order valence-electron chi connectivity index (χ2n) is 4.47. The standard InChI is InChI=1S/C13H14BrN3OS/c1-9-6-12(16-7-10(9)14)17-3-4-18-11(8-17)13-15-2-5-19-13/h2,5-7,11H,3-4,8H2,1H3/t11-/m1/s1. The largest absolute Gasteiger partial charge is 0.367 e. The third-order valence-electron chi connectivity index (χ3n) is 3.15. The van der Waals surface area contributed by atoms with E-state index >= 15 is 0 Å². The number of aromatic nitrogens is 2. The van der Waals surface area contributed by atoms with Crippen molar-refractivity contribution in [1.29, 1.82) is 0 Å². The van der Waals surface area contributed by atoms with Crippen LogP contribution in [0.4, 0.5) is 5.82 Å². The van der Waals surface area contributed by atoms with Crippen LogP contribution in [0.3, 0.4) is 0 Å². The maximum absolute atomic E-state index is 5.80. The van der Waals surface area contributed by atoms with Crippen molar-refractivity contribution in [2.75, 3.05) is 24.6 Å². The summed E-state index contributed by atoms with van der Waals surface area (Å²) in [5, 5.41) is 3.03. The first-order valence-corrected chi connectivity index (χ1v) is 7.79. The average Bonchev–Trinajstić information content (AvgIpc) is 2.96. The molecule has 0 aliphatic carbocycles. The van der Waals surface area contributed by atoms with Gasteiger partial charge in [-0.05, 0) is 34.5 Å². The highest BCUT2D eigenvalue weighted by atomic mass is 79.9. The predicted octanol–water partition coefficient (Wildman–Crippen LogP) is 3.19. The van der Waals surface area contributed by atoms with Gasteiger partial charge >= 0.3 is 0 Å². The van der Waals surface area contributed by atoms with Crippen molar-refractivity contribution in [2.45, 2.75) is 13.0 Å². The van der Waals surface area contributed by atoms with Crippen LogP contribution in [0.2, 0.25) is 0 Å². The molecule has 6 heteroatoms. The molecule has 3 heterocycles. The van der Waals surface area contributed by atoms with Gasteiger partial charge in [0.2, 0.25) is 0 Å². The summed E-state index contributed by atoms with van der Waals surface area (Å²) in [6, 6.07) is 2.11. The summed E-state index contributed by atoms with van der Waals surface area (Å²) in [7, 11) is 0. The van der Waals surface area contributed by atoms with Crippen LogP contribution in [0.1, 0.15) is 16.7 Å². The molecule has 1 aliphatic rings. The monoisotopic (exact) mass is 339 g/mol. The van der Waals surface area contributed by atoms with Crippen LogP contribution in [-0.4, -0.2) is 29.7 Å². The second kappa shape index (κ2) is 5.56. The Morgan fingerprint density at radius 2 is 2.37 bits per heavy atom. The van der Waals surface area contributed by atoms with Crippen LogP contribution in [0, 0.1) is 6.92 Å². The fourth-order valence-corrected chi connectivity index (χ4v) is 2.99. The van der Waals surface area contributed by atoms with E-state index in [0.29, 0.717) is 6.61 Å². The number of halogens is 1. The minimum Gasteiger partial charge on any atom is -0.367 e. The van der Waals surface area contributed by atoms with E-state index in [0.717, 1.165) is 28.4 Å². The van der Waals surface area contributed by atoms with Crippen LogP contribution in [-0.2, 0) is 4.74 Å². The molecule has 3 rings (SSSR count). The Labute approximate surface area is 124 Å². The molecule has 0 amide bonds. The molecule has 0 N–H and O–H groups in total. The first-order valence-electron chi connectivity index (χ1n) is 6.12. The van der Waals surface area contributed by atoms with E-state index in [9.17, 15) is 0 Å². The van der Waals surface area contributed by atoms with Gasteiger partial charge in [0.25, 0.3) is 0 Å². The van der Waals surface area contributed by atoms with Crippen LogP contribution in [0.5, 0.6) is 0 Å². The Morgan fingerprint density at radius 1 is 1.47 bits per heavy atom. The molecule has 0 bridgehead atoms. The highest BCUT2D eigenvalue weighted by Gasteiger charge is 2.24. The van der Waals surface area contributed by atoms with Gasteiger partial charge in [-0.15, -0.1) is 11.3 Å². The summed E-state index contributed by atoms with van der Waals surface area (Å²) < 4.78 is 6.84. The minimum atomic E-state index is 0.0551. The van der Waals surface area contributed by atoms with Crippen molar-refractivity contribution >= 4 is 33.1 Å². The van der Waals surface area contributed by atoms with Gasteiger partial charge in [0.05, 0.1) is 13.2 Å². The van der Waals surface area contributed by atoms with E-state index in [1.54, 1.807) is 11.3 Å². The lowest BCUT2D eigenvalue weighted by atomic mass is 10.2. The topological polar surface area (TPSA) is 38.2 Å². The zero-order chi connectivity index (χ0) is 13.2. The highest BCUT2D eigenvalue weighted by molar-refractivity contribution is 9.10. The molecule has 0 saturated carbocycles. The molecule has 4 nitrogen and oxygen atoms in total. The van der Waals surface area contributed by atoms with Crippen molar-refractivity contribution in [3.05, 3.63) is 38.9 Å². The van der Waals surface area contributed by atoms with E-state index in [4.69, 9.17) is 4.74 Å². The lowest BCUT2D eigenvalue weighted by Crippen LogP contribution is -2.38. The number of morpholine rings is 1. The van der Waals surface area contributed by atoms with Crippen LogP contribution < -0.4 is 4.90 Å². The number of thiazole rings is 1. The molecule has 2 aromatic rings. The van der Waals surface area contributed by atoms with Crippen molar-refractivity contribution in [3.63, 3.8) is 0 Å². The van der Waals surface area contributed by atoms with Gasteiger partial charge in [-0.25, -0.2) is 9.97 Å². The first kappa shape index (κ1) is 13.0. The first-order chi connectivity index (χ1) is 9.24. The second-order valence-corrected chi connectivity index (χ2v) is 6.25. The summed E-state index contributed by atoms with van der Waals surface area (Å²) in [4.78, 5) is 11.1. The zero-order valence-electron chi connectivity index (χ0n) is 10.5. The Bertz CT molecular complexity index is 561. The predicted molar refractivity (Wildman–Crippen MR) is 79.7 cm³/mol. The van der Waals surface area contributed by atoms with E-state index in [2.05, 4.69) is 43.8 Å². The minimum absolute atomic E-state index is 0.0551. The molecular formula is C13H14BrN3OS. The summed E-state index contributed by atoms with van der Waals surface area (Å²) >= 11 is 5.12. The van der Waals surface area contributed by atoms with E-state index in [1.165, 1.54) is 5.56 Å². The molecule has 0 unspecified atom stereocenters. The van der Waals surface area contributed by atoms with Gasteiger partial charge in [-0.3, -0.25) is 0 Å². The van der Waals surface area contributed by atoms with Crippen LogP contribution in [0.25, 0.3) is 0 Å².